The smallest absolute Gasteiger partial charge is 0.654 e. The van der Waals surface area contributed by atoms with E-state index < -0.39 is 0 Å². The van der Waals surface area contributed by atoms with Crippen molar-refractivity contribution in [3.63, 3.8) is 0 Å². The average Bonchev–Trinajstić information content (AvgIpc) is 3.88. The van der Waals surface area contributed by atoms with Gasteiger partial charge in [0, 0.05) is 47.5 Å². The number of benzene rings is 3. The van der Waals surface area contributed by atoms with Gasteiger partial charge in [-0.3, -0.25) is 0 Å². The molecule has 0 aliphatic heterocycles. The van der Waals surface area contributed by atoms with Gasteiger partial charge >= 0.3 is 16.5 Å². The molecule has 1 N–H and O–H groups in total. The van der Waals surface area contributed by atoms with Gasteiger partial charge in [0.1, 0.15) is 0 Å². The quantitative estimate of drug-likeness (QED) is 0.160. The minimum Gasteiger partial charge on any atom is -0.654 e. The van der Waals surface area contributed by atoms with Gasteiger partial charge in [-0.1, -0.05) is 64.5 Å². The Labute approximate surface area is 263 Å². The molecule has 3 aromatic carbocycles. The van der Waals surface area contributed by atoms with Crippen LogP contribution in [-0.4, -0.2) is 5.11 Å². The molecule has 0 radical (unpaired) electrons. The standard InChI is InChI=1S/C38H24N4O.Ni/c43-38-33-22-20-31(41-33)36(25-12-6-2-7-13-25)29-18-16-27(39-29)35(24-10-4-1-5-11-24)28-17-19-30(40-28)37(26-14-8-3-9-15-26)32-21-23-34(38)42-32;/h1-23,43H;/q-2;+2. The Morgan fingerprint density at radius 1 is 0.386 bits per heavy atom. The molecule has 5 aromatic heterocycles. The maximum Gasteiger partial charge on any atom is 2.00 e. The van der Waals surface area contributed by atoms with Crippen molar-refractivity contribution in [3.8, 4) is 39.1 Å². The summed E-state index contributed by atoms with van der Waals surface area (Å²) in [6, 6.07) is 46.2. The third-order valence-corrected chi connectivity index (χ3v) is 7.77. The molecular weight excluding hydrogens is 587 g/mol. The Hall–Kier alpha value is -5.45. The summed E-state index contributed by atoms with van der Waals surface area (Å²) in [7, 11) is 0. The second kappa shape index (κ2) is 11.3. The number of fused-ring (bicyclic) bond motifs is 8. The van der Waals surface area contributed by atoms with Gasteiger partial charge in [-0.05, 0) is 82.8 Å². The van der Waals surface area contributed by atoms with Gasteiger partial charge in [-0.25, -0.2) is 0 Å². The molecular formula is C38H24N4NiO. The zero-order valence-electron chi connectivity index (χ0n) is 23.3. The van der Waals surface area contributed by atoms with Crippen LogP contribution in [0.1, 0.15) is 0 Å². The summed E-state index contributed by atoms with van der Waals surface area (Å²) in [4.78, 5) is 20.1. The molecule has 8 rings (SSSR count). The number of aromatic nitrogens is 4. The Balaban J connectivity index is 0.00000312. The van der Waals surface area contributed by atoms with Crippen LogP contribution >= 0.6 is 0 Å². The fourth-order valence-electron chi connectivity index (χ4n) is 5.77. The van der Waals surface area contributed by atoms with E-state index in [1.165, 1.54) is 0 Å². The van der Waals surface area contributed by atoms with E-state index in [0.29, 0.717) is 11.0 Å². The molecule has 8 aromatic rings. The number of hydrogen-bond acceptors (Lipinski definition) is 1. The number of rotatable bonds is 3. The van der Waals surface area contributed by atoms with Gasteiger partial charge < -0.3 is 25.0 Å². The first-order chi connectivity index (χ1) is 21.2. The summed E-state index contributed by atoms with van der Waals surface area (Å²) < 4.78 is 0. The van der Waals surface area contributed by atoms with Crippen LogP contribution in [-0.2, 0) is 16.5 Å². The minimum absolute atomic E-state index is 0. The fraction of sp³-hybridized carbons (Fsp3) is 0. The largest absolute Gasteiger partial charge is 2.00 e. The SMILES string of the molecule is Oc1c2ccc([n-]2)c(-c2ccccc2)c2ccc([n-]2)[c+](-c2ccccc2)c2ccc([n-]2)[c+](-c2ccccc2)c2ccc1[n-]2.[Ni+2]. The summed E-state index contributed by atoms with van der Waals surface area (Å²) in [6.45, 7) is 0. The van der Waals surface area contributed by atoms with Gasteiger partial charge in [0.05, 0.1) is 16.9 Å². The van der Waals surface area contributed by atoms with E-state index in [2.05, 4.69) is 36.4 Å². The molecule has 0 fully saturated rings. The molecule has 44 heavy (non-hydrogen) atoms. The first-order valence-corrected chi connectivity index (χ1v) is 14.1. The van der Waals surface area contributed by atoms with Crippen LogP contribution < -0.4 is 19.9 Å². The van der Waals surface area contributed by atoms with Gasteiger partial charge in [0.15, 0.2) is 0 Å². The molecule has 0 amide bonds. The molecule has 0 atom stereocenters. The molecule has 0 saturated heterocycles. The van der Waals surface area contributed by atoms with E-state index in [0.717, 1.165) is 66.5 Å². The second-order valence-corrected chi connectivity index (χ2v) is 10.4. The normalized spacial score (nSPS) is 11.1. The fourth-order valence-corrected chi connectivity index (χ4v) is 5.77. The molecule has 0 saturated carbocycles. The van der Waals surface area contributed by atoms with Crippen molar-refractivity contribution in [2.45, 2.75) is 0 Å². The zero-order chi connectivity index (χ0) is 28.8. The maximum atomic E-state index is 11.3. The molecule has 0 aliphatic rings. The molecule has 6 heteroatoms. The first kappa shape index (κ1) is 27.4. The Kier molecular flexibility index (Phi) is 7.05. The van der Waals surface area contributed by atoms with Crippen molar-refractivity contribution in [3.05, 3.63) is 140 Å². The zero-order valence-corrected chi connectivity index (χ0v) is 24.3. The summed E-state index contributed by atoms with van der Waals surface area (Å²) in [5.41, 5.74) is 11.3. The van der Waals surface area contributed by atoms with Crippen molar-refractivity contribution in [1.82, 2.24) is 19.9 Å². The van der Waals surface area contributed by atoms with E-state index in [1.54, 1.807) is 0 Å². The van der Waals surface area contributed by atoms with E-state index in [-0.39, 0.29) is 22.2 Å². The maximum absolute atomic E-state index is 11.3. The van der Waals surface area contributed by atoms with Crippen molar-refractivity contribution >= 4 is 44.1 Å². The molecule has 0 aliphatic carbocycles. The topological polar surface area (TPSA) is 76.6 Å². The molecule has 212 valence electrons. The third-order valence-electron chi connectivity index (χ3n) is 7.77. The summed E-state index contributed by atoms with van der Waals surface area (Å²) in [6.07, 6.45) is 0. The van der Waals surface area contributed by atoms with Crippen molar-refractivity contribution in [1.29, 1.82) is 0 Å². The summed E-state index contributed by atoms with van der Waals surface area (Å²) in [5, 5.41) is 11.3. The average molecular weight is 611 g/mol. The van der Waals surface area contributed by atoms with Crippen LogP contribution in [0.4, 0.5) is 0 Å². The molecule has 5 heterocycles. The van der Waals surface area contributed by atoms with E-state index >= 15 is 0 Å². The Morgan fingerprint density at radius 3 is 1.36 bits per heavy atom. The second-order valence-electron chi connectivity index (χ2n) is 10.4. The van der Waals surface area contributed by atoms with Crippen molar-refractivity contribution in [2.24, 2.45) is 0 Å². The van der Waals surface area contributed by atoms with Gasteiger partial charge in [-0.15, -0.1) is 11.0 Å². The van der Waals surface area contributed by atoms with Crippen LogP contribution in [0, 0.1) is 0 Å². The van der Waals surface area contributed by atoms with Crippen LogP contribution in [0.3, 0.4) is 0 Å². The molecule has 0 spiro atoms. The molecule has 5 nitrogen and oxygen atoms in total. The van der Waals surface area contributed by atoms with Gasteiger partial charge in [-0.2, -0.15) is 0 Å². The van der Waals surface area contributed by atoms with E-state index in [4.69, 9.17) is 19.9 Å². The molecule has 0 unspecified atom stereocenters. The van der Waals surface area contributed by atoms with E-state index in [9.17, 15) is 5.11 Å². The van der Waals surface area contributed by atoms with Gasteiger partial charge in [0.25, 0.3) is 0 Å². The number of aromatic hydroxyl groups is 1. The van der Waals surface area contributed by atoms with Crippen molar-refractivity contribution in [2.75, 3.05) is 0 Å². The Bertz CT molecular complexity index is 2200. The number of hydrogen-bond donors (Lipinski definition) is 1. The summed E-state index contributed by atoms with van der Waals surface area (Å²) in [5.74, 6) is 0.0245. The van der Waals surface area contributed by atoms with E-state index in [1.807, 2.05) is 103 Å². The van der Waals surface area contributed by atoms with Crippen LogP contribution in [0.25, 0.3) is 77.5 Å². The molecule has 8 bridgehead atoms. The predicted molar refractivity (Wildman–Crippen MR) is 174 cm³/mol. The van der Waals surface area contributed by atoms with Crippen LogP contribution in [0.2, 0.25) is 0 Å². The van der Waals surface area contributed by atoms with Crippen LogP contribution in [0.15, 0.2) is 140 Å². The minimum atomic E-state index is 0. The first-order valence-electron chi connectivity index (χ1n) is 14.1. The monoisotopic (exact) mass is 610 g/mol. The Morgan fingerprint density at radius 2 is 0.773 bits per heavy atom. The predicted octanol–water partition coefficient (Wildman–Crippen LogP) is 8.52. The van der Waals surface area contributed by atoms with Crippen molar-refractivity contribution < 1.29 is 21.6 Å². The third kappa shape index (κ3) is 4.76. The summed E-state index contributed by atoms with van der Waals surface area (Å²) >= 11 is 0. The van der Waals surface area contributed by atoms with Gasteiger partial charge in [0.2, 0.25) is 0 Å². The van der Waals surface area contributed by atoms with Crippen LogP contribution in [0.5, 0.6) is 5.75 Å². The number of nitrogens with zero attached hydrogens (tertiary/aromatic N) is 4.